The Morgan fingerprint density at radius 1 is 1.38 bits per heavy atom. The number of rotatable bonds is 1. The molecule has 0 aliphatic carbocycles. The predicted molar refractivity (Wildman–Crippen MR) is 59.8 cm³/mol. The summed E-state index contributed by atoms with van der Waals surface area (Å²) >= 11 is 8.08. The van der Waals surface area contributed by atoms with Gasteiger partial charge in [-0.05, 0) is 18.2 Å². The van der Waals surface area contributed by atoms with E-state index in [1.165, 1.54) is 11.5 Å². The molecule has 1 nitrogen and oxygen atoms in total. The van der Waals surface area contributed by atoms with Crippen LogP contribution in [0.2, 0.25) is 5.02 Å². The molecule has 0 N–H and O–H groups in total. The van der Waals surface area contributed by atoms with Crippen molar-refractivity contribution in [2.45, 2.75) is 0 Å². The number of hydrogen-bond donors (Lipinski definition) is 0. The smallest absolute Gasteiger partial charge is 0.0645 e. The number of benzene rings is 1. The molecule has 13 heavy (non-hydrogen) atoms. The molecule has 1 saturated heterocycles. The van der Waals surface area contributed by atoms with Crippen LogP contribution < -0.4 is 4.90 Å². The zero-order valence-electron chi connectivity index (χ0n) is 7.29. The molecule has 0 bridgehead atoms. The third kappa shape index (κ3) is 2.12. The van der Waals surface area contributed by atoms with E-state index in [9.17, 15) is 0 Å². The van der Waals surface area contributed by atoms with Gasteiger partial charge >= 0.3 is 0 Å². The van der Waals surface area contributed by atoms with E-state index in [4.69, 9.17) is 11.6 Å². The van der Waals surface area contributed by atoms with Crippen molar-refractivity contribution in [3.05, 3.63) is 29.3 Å². The summed E-state index contributed by atoms with van der Waals surface area (Å²) in [5.74, 6) is 2.41. The van der Waals surface area contributed by atoms with Gasteiger partial charge in [-0.15, -0.1) is 0 Å². The van der Waals surface area contributed by atoms with Gasteiger partial charge in [0.2, 0.25) is 0 Å². The second-order valence-electron chi connectivity index (χ2n) is 2.98. The monoisotopic (exact) mass is 212 g/mol. The van der Waals surface area contributed by atoms with Gasteiger partial charge in [-0.1, -0.05) is 17.7 Å². The normalized spacial score (nSPS) is 17.5. The first-order valence-corrected chi connectivity index (χ1v) is 5.89. The molecule has 0 saturated carbocycles. The van der Waals surface area contributed by atoms with Gasteiger partial charge in [-0.3, -0.25) is 0 Å². The second-order valence-corrected chi connectivity index (χ2v) is 4.61. The molecule has 1 aliphatic heterocycles. The standard InChI is InChI=1S/C10H11ClNS/c11-9-3-1-2-4-10(9)12-5-7-13-8-6-12/h2-4H,5-8H2. The summed E-state index contributed by atoms with van der Waals surface area (Å²) < 4.78 is 0. The lowest BCUT2D eigenvalue weighted by atomic mass is 10.3. The molecule has 0 amide bonds. The van der Waals surface area contributed by atoms with Gasteiger partial charge in [0, 0.05) is 24.6 Å². The van der Waals surface area contributed by atoms with Crippen LogP contribution in [0, 0.1) is 6.07 Å². The van der Waals surface area contributed by atoms with Crippen LogP contribution in [-0.4, -0.2) is 24.6 Å². The SMILES string of the molecule is Clc1c[c]ccc1N1CCSCC1. The topological polar surface area (TPSA) is 3.24 Å². The van der Waals surface area contributed by atoms with Crippen molar-refractivity contribution in [3.63, 3.8) is 0 Å². The van der Waals surface area contributed by atoms with E-state index >= 15 is 0 Å². The Hall–Kier alpha value is -0.340. The average molecular weight is 213 g/mol. The van der Waals surface area contributed by atoms with Crippen molar-refractivity contribution in [2.24, 2.45) is 0 Å². The van der Waals surface area contributed by atoms with Gasteiger partial charge in [0.05, 0.1) is 10.7 Å². The molecule has 0 spiro atoms. The highest BCUT2D eigenvalue weighted by Gasteiger charge is 2.12. The molecule has 1 fully saturated rings. The number of thioether (sulfide) groups is 1. The highest BCUT2D eigenvalue weighted by Crippen LogP contribution is 2.26. The molecule has 1 heterocycles. The van der Waals surface area contributed by atoms with Crippen LogP contribution in [0.5, 0.6) is 0 Å². The predicted octanol–water partition coefficient (Wildman–Crippen LogP) is 2.69. The fraction of sp³-hybridized carbons (Fsp3) is 0.400. The molecule has 0 atom stereocenters. The maximum atomic E-state index is 6.08. The Morgan fingerprint density at radius 2 is 2.15 bits per heavy atom. The number of hydrogen-bond acceptors (Lipinski definition) is 2. The maximum Gasteiger partial charge on any atom is 0.0645 e. The van der Waals surface area contributed by atoms with Crippen molar-refractivity contribution in [3.8, 4) is 0 Å². The Balaban J connectivity index is 2.18. The first-order chi connectivity index (χ1) is 6.38. The molecule has 2 rings (SSSR count). The molecular formula is C10H11ClNS. The zero-order chi connectivity index (χ0) is 9.10. The van der Waals surface area contributed by atoms with Crippen LogP contribution in [0.15, 0.2) is 18.2 Å². The fourth-order valence-electron chi connectivity index (χ4n) is 1.46. The molecule has 1 aromatic carbocycles. The minimum Gasteiger partial charge on any atom is -0.369 e. The van der Waals surface area contributed by atoms with E-state index in [1.807, 2.05) is 30.0 Å². The summed E-state index contributed by atoms with van der Waals surface area (Å²) in [5, 5.41) is 0.814. The Labute approximate surface area is 88.1 Å². The van der Waals surface area contributed by atoms with Gasteiger partial charge in [-0.25, -0.2) is 0 Å². The first-order valence-electron chi connectivity index (χ1n) is 4.36. The van der Waals surface area contributed by atoms with Gasteiger partial charge < -0.3 is 4.90 Å². The summed E-state index contributed by atoms with van der Waals surface area (Å²) in [6.45, 7) is 2.21. The summed E-state index contributed by atoms with van der Waals surface area (Å²) in [6.07, 6.45) is 0. The average Bonchev–Trinajstić information content (AvgIpc) is 2.20. The Kier molecular flexibility index (Phi) is 3.01. The van der Waals surface area contributed by atoms with E-state index in [2.05, 4.69) is 11.0 Å². The molecule has 1 aliphatic rings. The van der Waals surface area contributed by atoms with E-state index in [1.54, 1.807) is 0 Å². The third-order valence-electron chi connectivity index (χ3n) is 2.14. The summed E-state index contributed by atoms with van der Waals surface area (Å²) in [5.41, 5.74) is 1.15. The number of halogens is 1. The molecule has 0 unspecified atom stereocenters. The summed E-state index contributed by atoms with van der Waals surface area (Å²) in [7, 11) is 0. The van der Waals surface area contributed by atoms with Crippen molar-refractivity contribution in [2.75, 3.05) is 29.5 Å². The lowest BCUT2D eigenvalue weighted by Crippen LogP contribution is -2.32. The van der Waals surface area contributed by atoms with Gasteiger partial charge in [0.25, 0.3) is 0 Å². The molecule has 1 aromatic rings. The van der Waals surface area contributed by atoms with Crippen molar-refractivity contribution >= 4 is 29.1 Å². The van der Waals surface area contributed by atoms with Crippen LogP contribution in [0.25, 0.3) is 0 Å². The minimum atomic E-state index is 0.814. The van der Waals surface area contributed by atoms with Crippen LogP contribution in [-0.2, 0) is 0 Å². The van der Waals surface area contributed by atoms with Crippen LogP contribution in [0.3, 0.4) is 0 Å². The first kappa shape index (κ1) is 9.22. The lowest BCUT2D eigenvalue weighted by molar-refractivity contribution is 0.859. The number of anilines is 1. The summed E-state index contributed by atoms with van der Waals surface area (Å²) in [4.78, 5) is 2.34. The Bertz CT molecular complexity index is 284. The molecule has 1 radical (unpaired) electrons. The Morgan fingerprint density at radius 3 is 2.85 bits per heavy atom. The quantitative estimate of drug-likeness (QED) is 0.704. The van der Waals surface area contributed by atoms with E-state index in [-0.39, 0.29) is 0 Å². The minimum absolute atomic E-state index is 0.814. The van der Waals surface area contributed by atoms with Crippen molar-refractivity contribution in [1.82, 2.24) is 0 Å². The van der Waals surface area contributed by atoms with Crippen molar-refractivity contribution < 1.29 is 0 Å². The third-order valence-corrected chi connectivity index (χ3v) is 3.39. The number of nitrogens with zero attached hydrogens (tertiary/aromatic N) is 1. The lowest BCUT2D eigenvalue weighted by Gasteiger charge is -2.29. The largest absolute Gasteiger partial charge is 0.369 e. The molecule has 69 valence electrons. The van der Waals surface area contributed by atoms with E-state index in [0.717, 1.165) is 23.8 Å². The molecule has 0 aromatic heterocycles. The highest BCUT2D eigenvalue weighted by molar-refractivity contribution is 7.99. The van der Waals surface area contributed by atoms with E-state index < -0.39 is 0 Å². The van der Waals surface area contributed by atoms with Gasteiger partial charge in [0.15, 0.2) is 0 Å². The van der Waals surface area contributed by atoms with E-state index in [0.29, 0.717) is 0 Å². The fourth-order valence-corrected chi connectivity index (χ4v) is 2.61. The van der Waals surface area contributed by atoms with Gasteiger partial charge in [0.1, 0.15) is 0 Å². The summed E-state index contributed by atoms with van der Waals surface area (Å²) in [6, 6.07) is 8.77. The zero-order valence-corrected chi connectivity index (χ0v) is 8.87. The molecule has 3 heteroatoms. The van der Waals surface area contributed by atoms with Crippen LogP contribution in [0.4, 0.5) is 5.69 Å². The molecular weight excluding hydrogens is 202 g/mol. The highest BCUT2D eigenvalue weighted by atomic mass is 35.5. The second kappa shape index (κ2) is 4.25. The van der Waals surface area contributed by atoms with Crippen LogP contribution in [0.1, 0.15) is 0 Å². The van der Waals surface area contributed by atoms with Crippen molar-refractivity contribution in [1.29, 1.82) is 0 Å². The maximum absolute atomic E-state index is 6.08. The van der Waals surface area contributed by atoms with Gasteiger partial charge in [-0.2, -0.15) is 11.8 Å². The van der Waals surface area contributed by atoms with Crippen LogP contribution >= 0.6 is 23.4 Å².